The van der Waals surface area contributed by atoms with Crippen molar-refractivity contribution in [1.29, 1.82) is 0 Å². The van der Waals surface area contributed by atoms with E-state index in [4.69, 9.17) is 0 Å². The summed E-state index contributed by atoms with van der Waals surface area (Å²) in [5.41, 5.74) is 1.51. The molecule has 2 atom stereocenters. The highest BCUT2D eigenvalue weighted by Gasteiger charge is 2.47. The minimum absolute atomic E-state index is 0.720. The minimum atomic E-state index is 0.720. The maximum atomic E-state index is 3.94. The van der Waals surface area contributed by atoms with E-state index < -0.39 is 0 Å². The van der Waals surface area contributed by atoms with Crippen LogP contribution >= 0.6 is 0 Å². The van der Waals surface area contributed by atoms with Crippen LogP contribution in [-0.4, -0.2) is 25.2 Å². The Morgan fingerprint density at radius 2 is 1.39 bits per heavy atom. The highest BCUT2D eigenvalue weighted by molar-refractivity contribution is 5.27. The van der Waals surface area contributed by atoms with Gasteiger partial charge in [-0.25, -0.2) is 0 Å². The summed E-state index contributed by atoms with van der Waals surface area (Å²) in [5.74, 6) is 4.95. The van der Waals surface area contributed by atoms with E-state index in [2.05, 4.69) is 41.0 Å². The zero-order chi connectivity index (χ0) is 15.2. The van der Waals surface area contributed by atoms with Crippen LogP contribution in [0, 0.1) is 23.7 Å². The topological polar surface area (TPSA) is 24.1 Å². The molecule has 5 saturated carbocycles. The first-order valence-corrected chi connectivity index (χ1v) is 9.88. The fourth-order valence-electron chi connectivity index (χ4n) is 6.24. The molecule has 5 aliphatic rings. The van der Waals surface area contributed by atoms with Crippen LogP contribution < -0.4 is 10.6 Å². The first kappa shape index (κ1) is 14.5. The number of hydrogen-bond donors (Lipinski definition) is 2. The lowest BCUT2D eigenvalue weighted by atomic mass is 9.54. The summed E-state index contributed by atoms with van der Waals surface area (Å²) < 4.78 is 0. The third-order valence-electron chi connectivity index (χ3n) is 7.16. The summed E-state index contributed by atoms with van der Waals surface area (Å²) in [6.07, 6.45) is 8.98. The second kappa shape index (κ2) is 5.89. The Labute approximate surface area is 140 Å². The Bertz CT molecular complexity index is 512. The molecule has 124 valence electrons. The summed E-state index contributed by atoms with van der Waals surface area (Å²) in [6.45, 7) is 2.29. The van der Waals surface area contributed by atoms with E-state index >= 15 is 0 Å². The smallest absolute Gasteiger partial charge is 0.0143 e. The van der Waals surface area contributed by atoms with E-state index in [-0.39, 0.29) is 0 Å². The lowest BCUT2D eigenvalue weighted by Gasteiger charge is -2.54. The predicted molar refractivity (Wildman–Crippen MR) is 94.4 cm³/mol. The Morgan fingerprint density at radius 3 is 2.09 bits per heavy atom. The van der Waals surface area contributed by atoms with Gasteiger partial charge in [0.15, 0.2) is 0 Å². The third-order valence-corrected chi connectivity index (χ3v) is 7.16. The fraction of sp³-hybridized carbons (Fsp3) is 0.714. The maximum absolute atomic E-state index is 3.94. The van der Waals surface area contributed by atoms with E-state index in [1.54, 1.807) is 6.42 Å². The number of benzene rings is 1. The SMILES string of the molecule is c1ccc([C@H]2C[C@@H]2NCCNC2C3CC4CC(C3)CC2C4)cc1. The van der Waals surface area contributed by atoms with E-state index in [1.807, 2.05) is 0 Å². The van der Waals surface area contributed by atoms with Crippen LogP contribution in [0.15, 0.2) is 30.3 Å². The van der Waals surface area contributed by atoms with Crippen molar-refractivity contribution >= 4 is 0 Å². The Hall–Kier alpha value is -0.860. The number of rotatable bonds is 6. The highest BCUT2D eigenvalue weighted by Crippen LogP contribution is 2.53. The molecule has 0 spiro atoms. The van der Waals surface area contributed by atoms with Gasteiger partial charge >= 0.3 is 0 Å². The van der Waals surface area contributed by atoms with Crippen LogP contribution in [0.3, 0.4) is 0 Å². The van der Waals surface area contributed by atoms with Gasteiger partial charge in [0.2, 0.25) is 0 Å². The molecule has 2 heteroatoms. The molecule has 5 fully saturated rings. The largest absolute Gasteiger partial charge is 0.312 e. The molecule has 6 rings (SSSR count). The standard InChI is InChI=1S/C21H30N2/c1-2-4-16(5-3-1)19-13-20(19)22-6-7-23-21-17-9-14-8-15(11-17)12-18(21)10-14/h1-5,14-15,17-23H,6-13H2/t14?,15?,17?,18?,19-,20+,21?/m1/s1. The van der Waals surface area contributed by atoms with E-state index in [0.717, 1.165) is 54.8 Å². The molecule has 2 N–H and O–H groups in total. The molecule has 1 aromatic rings. The molecule has 0 saturated heterocycles. The molecular formula is C21H30N2. The van der Waals surface area contributed by atoms with E-state index in [9.17, 15) is 0 Å². The van der Waals surface area contributed by atoms with Crippen molar-refractivity contribution in [2.24, 2.45) is 23.7 Å². The normalized spacial score (nSPS) is 43.7. The second-order valence-electron chi connectivity index (χ2n) is 8.72. The summed E-state index contributed by atoms with van der Waals surface area (Å²) in [4.78, 5) is 0. The van der Waals surface area contributed by atoms with Crippen molar-refractivity contribution < 1.29 is 0 Å². The summed E-state index contributed by atoms with van der Waals surface area (Å²) >= 11 is 0. The van der Waals surface area contributed by atoms with Gasteiger partial charge in [0.25, 0.3) is 0 Å². The van der Waals surface area contributed by atoms with Crippen molar-refractivity contribution in [2.75, 3.05) is 13.1 Å². The summed E-state index contributed by atoms with van der Waals surface area (Å²) in [5, 5.41) is 7.71. The summed E-state index contributed by atoms with van der Waals surface area (Å²) in [7, 11) is 0. The Balaban J connectivity index is 1.06. The van der Waals surface area contributed by atoms with Crippen LogP contribution in [-0.2, 0) is 0 Å². The van der Waals surface area contributed by atoms with Crippen molar-refractivity contribution in [3.05, 3.63) is 35.9 Å². The zero-order valence-corrected chi connectivity index (χ0v) is 14.1. The highest BCUT2D eigenvalue weighted by atomic mass is 15.0. The fourth-order valence-corrected chi connectivity index (χ4v) is 6.24. The first-order chi connectivity index (χ1) is 11.4. The maximum Gasteiger partial charge on any atom is 0.0143 e. The average molecular weight is 310 g/mol. The van der Waals surface area contributed by atoms with Crippen LogP contribution in [0.1, 0.15) is 50.0 Å². The van der Waals surface area contributed by atoms with E-state index in [1.165, 1.54) is 37.7 Å². The summed E-state index contributed by atoms with van der Waals surface area (Å²) in [6, 6.07) is 12.6. The molecule has 0 unspecified atom stereocenters. The molecule has 4 bridgehead atoms. The van der Waals surface area contributed by atoms with Crippen LogP contribution in [0.5, 0.6) is 0 Å². The van der Waals surface area contributed by atoms with Gasteiger partial charge in [-0.1, -0.05) is 30.3 Å². The van der Waals surface area contributed by atoms with Gasteiger partial charge in [0.1, 0.15) is 0 Å². The van der Waals surface area contributed by atoms with Crippen LogP contribution in [0.25, 0.3) is 0 Å². The molecule has 0 amide bonds. The van der Waals surface area contributed by atoms with Crippen LogP contribution in [0.4, 0.5) is 0 Å². The minimum Gasteiger partial charge on any atom is -0.312 e. The molecule has 0 radical (unpaired) electrons. The zero-order valence-electron chi connectivity index (χ0n) is 14.1. The Kier molecular flexibility index (Phi) is 3.71. The van der Waals surface area contributed by atoms with Gasteiger partial charge in [0, 0.05) is 31.1 Å². The van der Waals surface area contributed by atoms with Gasteiger partial charge in [0.05, 0.1) is 0 Å². The van der Waals surface area contributed by atoms with Crippen molar-refractivity contribution in [3.8, 4) is 0 Å². The van der Waals surface area contributed by atoms with Gasteiger partial charge in [-0.05, 0) is 67.8 Å². The predicted octanol–water partition coefficient (Wildman–Crippen LogP) is 3.55. The Morgan fingerprint density at radius 1 is 0.739 bits per heavy atom. The molecule has 0 aromatic heterocycles. The molecule has 0 heterocycles. The van der Waals surface area contributed by atoms with Crippen LogP contribution in [0.2, 0.25) is 0 Å². The van der Waals surface area contributed by atoms with Gasteiger partial charge in [-0.15, -0.1) is 0 Å². The molecule has 5 aliphatic carbocycles. The number of nitrogens with one attached hydrogen (secondary N) is 2. The van der Waals surface area contributed by atoms with Crippen molar-refractivity contribution in [3.63, 3.8) is 0 Å². The average Bonchev–Trinajstić information content (AvgIpc) is 3.33. The molecule has 0 aliphatic heterocycles. The van der Waals surface area contributed by atoms with Crippen molar-refractivity contribution in [2.45, 2.75) is 56.5 Å². The second-order valence-corrected chi connectivity index (χ2v) is 8.72. The third kappa shape index (κ3) is 2.85. The monoisotopic (exact) mass is 310 g/mol. The molecule has 2 nitrogen and oxygen atoms in total. The number of hydrogen-bond acceptors (Lipinski definition) is 2. The van der Waals surface area contributed by atoms with Gasteiger partial charge in [-0.2, -0.15) is 0 Å². The van der Waals surface area contributed by atoms with E-state index in [0.29, 0.717) is 0 Å². The lowest BCUT2D eigenvalue weighted by Crippen LogP contribution is -2.55. The first-order valence-electron chi connectivity index (χ1n) is 9.88. The molecule has 1 aromatic carbocycles. The molecular weight excluding hydrogens is 280 g/mol. The lowest BCUT2D eigenvalue weighted by molar-refractivity contribution is -0.0133. The van der Waals surface area contributed by atoms with Gasteiger partial charge < -0.3 is 10.6 Å². The van der Waals surface area contributed by atoms with Crippen molar-refractivity contribution in [1.82, 2.24) is 10.6 Å². The van der Waals surface area contributed by atoms with Gasteiger partial charge in [-0.3, -0.25) is 0 Å². The quantitative estimate of drug-likeness (QED) is 0.785. The molecule has 23 heavy (non-hydrogen) atoms.